The normalized spacial score (nSPS) is 13.3. The van der Waals surface area contributed by atoms with E-state index in [0.29, 0.717) is 16.1 Å². The summed E-state index contributed by atoms with van der Waals surface area (Å²) in [5.74, 6) is -0.269. The van der Waals surface area contributed by atoms with E-state index in [0.717, 1.165) is 31.2 Å². The number of carbonyl (C=O) groups is 1. The van der Waals surface area contributed by atoms with Gasteiger partial charge < -0.3 is 5.32 Å². The Kier molecular flexibility index (Phi) is 3.91. The van der Waals surface area contributed by atoms with Gasteiger partial charge in [-0.15, -0.1) is 11.3 Å². The number of thiophene rings is 1. The van der Waals surface area contributed by atoms with Gasteiger partial charge in [0, 0.05) is 16.6 Å². The zero-order valence-electron chi connectivity index (χ0n) is 11.1. The van der Waals surface area contributed by atoms with Crippen molar-refractivity contribution in [1.29, 1.82) is 5.26 Å². The number of aryl methyl sites for hydroxylation is 1. The molecule has 0 atom stereocenters. The molecule has 2 aromatic heterocycles. The molecule has 0 saturated carbocycles. The Hall–Kier alpha value is -1.90. The van der Waals surface area contributed by atoms with Crippen molar-refractivity contribution < 1.29 is 4.79 Å². The smallest absolute Gasteiger partial charge is 0.256 e. The number of nitrogens with one attached hydrogen (secondary N) is 1. The molecule has 0 saturated heterocycles. The molecule has 106 valence electrons. The van der Waals surface area contributed by atoms with Crippen LogP contribution >= 0.6 is 22.9 Å². The summed E-state index contributed by atoms with van der Waals surface area (Å²) >= 11 is 7.30. The van der Waals surface area contributed by atoms with Gasteiger partial charge in [0.15, 0.2) is 0 Å². The molecule has 0 spiro atoms. The maximum atomic E-state index is 12.2. The van der Waals surface area contributed by atoms with Crippen LogP contribution in [0.1, 0.15) is 39.2 Å². The number of nitrogens with zero attached hydrogens (tertiary/aromatic N) is 2. The highest BCUT2D eigenvalue weighted by Crippen LogP contribution is 2.37. The van der Waals surface area contributed by atoms with Crippen LogP contribution in [0.4, 0.5) is 5.00 Å². The van der Waals surface area contributed by atoms with Gasteiger partial charge in [0.05, 0.1) is 5.56 Å². The van der Waals surface area contributed by atoms with Crippen LogP contribution in [0.25, 0.3) is 0 Å². The van der Waals surface area contributed by atoms with Crippen LogP contribution in [0.2, 0.25) is 5.15 Å². The second-order valence-electron chi connectivity index (χ2n) is 4.85. The molecular formula is C15H12ClN3OS. The maximum Gasteiger partial charge on any atom is 0.256 e. The average molecular weight is 318 g/mol. The minimum Gasteiger partial charge on any atom is -0.312 e. The van der Waals surface area contributed by atoms with Crippen molar-refractivity contribution in [3.63, 3.8) is 0 Å². The lowest BCUT2D eigenvalue weighted by Gasteiger charge is -2.09. The number of aromatic nitrogens is 1. The Labute approximate surface area is 131 Å². The van der Waals surface area contributed by atoms with Crippen molar-refractivity contribution in [2.75, 3.05) is 5.32 Å². The predicted molar refractivity (Wildman–Crippen MR) is 82.9 cm³/mol. The summed E-state index contributed by atoms with van der Waals surface area (Å²) in [6.07, 6.45) is 5.65. The van der Waals surface area contributed by atoms with Gasteiger partial charge >= 0.3 is 0 Å². The molecule has 0 unspecified atom stereocenters. The molecule has 2 heterocycles. The fourth-order valence-corrected chi connectivity index (χ4v) is 3.90. The largest absolute Gasteiger partial charge is 0.312 e. The number of amides is 1. The fraction of sp³-hybridized carbons (Fsp3) is 0.267. The standard InChI is InChI=1S/C15H12ClN3OS/c16-13-7-9(5-6-18-13)14(20)19-15-11(8-17)10-3-1-2-4-12(10)21-15/h5-7H,1-4H2,(H,19,20). The summed E-state index contributed by atoms with van der Waals surface area (Å²) in [6.45, 7) is 0. The molecule has 21 heavy (non-hydrogen) atoms. The molecule has 2 aromatic rings. The summed E-state index contributed by atoms with van der Waals surface area (Å²) in [5, 5.41) is 13.1. The van der Waals surface area contributed by atoms with Gasteiger partial charge in [-0.25, -0.2) is 4.98 Å². The van der Waals surface area contributed by atoms with Gasteiger partial charge in [-0.3, -0.25) is 4.79 Å². The van der Waals surface area contributed by atoms with Crippen LogP contribution in [0.3, 0.4) is 0 Å². The van der Waals surface area contributed by atoms with Crippen molar-refractivity contribution in [3.8, 4) is 6.07 Å². The summed E-state index contributed by atoms with van der Waals surface area (Å²) in [4.78, 5) is 17.3. The number of hydrogen-bond acceptors (Lipinski definition) is 4. The number of nitriles is 1. The topological polar surface area (TPSA) is 65.8 Å². The summed E-state index contributed by atoms with van der Waals surface area (Å²) in [7, 11) is 0. The third-order valence-corrected chi connectivity index (χ3v) is 4.91. The molecule has 0 aliphatic heterocycles. The van der Waals surface area contributed by atoms with E-state index in [4.69, 9.17) is 11.6 Å². The van der Waals surface area contributed by atoms with Crippen molar-refractivity contribution in [2.24, 2.45) is 0 Å². The minimum absolute atomic E-state index is 0.269. The number of hydrogen-bond donors (Lipinski definition) is 1. The summed E-state index contributed by atoms with van der Waals surface area (Å²) < 4.78 is 0. The second kappa shape index (κ2) is 5.84. The van der Waals surface area contributed by atoms with Crippen LogP contribution in [0.5, 0.6) is 0 Å². The van der Waals surface area contributed by atoms with Crippen molar-refractivity contribution in [1.82, 2.24) is 4.98 Å². The van der Waals surface area contributed by atoms with Gasteiger partial charge in [0.25, 0.3) is 5.91 Å². The Bertz CT molecular complexity index is 748. The summed E-state index contributed by atoms with van der Waals surface area (Å²) in [6, 6.07) is 5.34. The Morgan fingerprint density at radius 3 is 3.00 bits per heavy atom. The highest BCUT2D eigenvalue weighted by Gasteiger charge is 2.22. The molecule has 4 nitrogen and oxygen atoms in total. The third-order valence-electron chi connectivity index (χ3n) is 3.50. The van der Waals surface area contributed by atoms with Crippen LogP contribution < -0.4 is 5.32 Å². The van der Waals surface area contributed by atoms with E-state index in [9.17, 15) is 10.1 Å². The molecule has 3 rings (SSSR count). The first-order chi connectivity index (χ1) is 10.2. The van der Waals surface area contributed by atoms with E-state index >= 15 is 0 Å². The molecular weight excluding hydrogens is 306 g/mol. The van der Waals surface area contributed by atoms with Gasteiger partial charge in [0.1, 0.15) is 16.2 Å². The lowest BCUT2D eigenvalue weighted by Crippen LogP contribution is -2.12. The maximum absolute atomic E-state index is 12.2. The van der Waals surface area contributed by atoms with Gasteiger partial charge in [-0.1, -0.05) is 11.6 Å². The number of fused-ring (bicyclic) bond motifs is 1. The van der Waals surface area contributed by atoms with Crippen LogP contribution in [-0.2, 0) is 12.8 Å². The molecule has 6 heteroatoms. The van der Waals surface area contributed by atoms with E-state index in [-0.39, 0.29) is 11.1 Å². The minimum atomic E-state index is -0.269. The third kappa shape index (κ3) is 2.78. The lowest BCUT2D eigenvalue weighted by atomic mass is 9.96. The van der Waals surface area contributed by atoms with Crippen LogP contribution in [-0.4, -0.2) is 10.9 Å². The van der Waals surface area contributed by atoms with E-state index in [1.165, 1.54) is 28.5 Å². The average Bonchev–Trinajstić information content (AvgIpc) is 2.84. The number of anilines is 1. The monoisotopic (exact) mass is 317 g/mol. The Balaban J connectivity index is 1.90. The van der Waals surface area contributed by atoms with Crippen molar-refractivity contribution >= 4 is 33.8 Å². The lowest BCUT2D eigenvalue weighted by molar-refractivity contribution is 0.102. The Morgan fingerprint density at radius 1 is 1.43 bits per heavy atom. The highest BCUT2D eigenvalue weighted by atomic mass is 35.5. The van der Waals surface area contributed by atoms with E-state index < -0.39 is 0 Å². The number of halogens is 1. The van der Waals surface area contributed by atoms with Crippen LogP contribution in [0, 0.1) is 11.3 Å². The zero-order chi connectivity index (χ0) is 14.8. The van der Waals surface area contributed by atoms with E-state index in [1.54, 1.807) is 6.07 Å². The molecule has 1 aliphatic carbocycles. The first-order valence-electron chi connectivity index (χ1n) is 6.66. The predicted octanol–water partition coefficient (Wildman–Crippen LogP) is 3.80. The molecule has 1 amide bonds. The van der Waals surface area contributed by atoms with Gasteiger partial charge in [-0.2, -0.15) is 5.26 Å². The molecule has 0 aromatic carbocycles. The number of pyridine rings is 1. The second-order valence-corrected chi connectivity index (χ2v) is 6.34. The number of carbonyl (C=O) groups excluding carboxylic acids is 1. The SMILES string of the molecule is N#Cc1c(NC(=O)c2ccnc(Cl)c2)sc2c1CCCC2. The highest BCUT2D eigenvalue weighted by molar-refractivity contribution is 7.16. The zero-order valence-corrected chi connectivity index (χ0v) is 12.7. The molecule has 0 radical (unpaired) electrons. The van der Waals surface area contributed by atoms with Crippen molar-refractivity contribution in [2.45, 2.75) is 25.7 Å². The Morgan fingerprint density at radius 2 is 2.24 bits per heavy atom. The molecule has 1 aliphatic rings. The first-order valence-corrected chi connectivity index (χ1v) is 7.86. The molecule has 0 bridgehead atoms. The quantitative estimate of drug-likeness (QED) is 0.857. The van der Waals surface area contributed by atoms with E-state index in [2.05, 4.69) is 16.4 Å². The van der Waals surface area contributed by atoms with Crippen LogP contribution in [0.15, 0.2) is 18.3 Å². The fourth-order valence-electron chi connectivity index (χ4n) is 2.49. The summed E-state index contributed by atoms with van der Waals surface area (Å²) in [5.41, 5.74) is 2.16. The number of rotatable bonds is 2. The van der Waals surface area contributed by atoms with E-state index in [1.807, 2.05) is 0 Å². The van der Waals surface area contributed by atoms with Gasteiger partial charge in [-0.05, 0) is 43.4 Å². The molecule has 1 N–H and O–H groups in total. The van der Waals surface area contributed by atoms with Gasteiger partial charge in [0.2, 0.25) is 0 Å². The first kappa shape index (κ1) is 14.1. The molecule has 0 fully saturated rings. The van der Waals surface area contributed by atoms with Crippen molar-refractivity contribution in [3.05, 3.63) is 45.1 Å².